The number of fused-ring (bicyclic) bond motifs is 1. The van der Waals surface area contributed by atoms with Crippen molar-refractivity contribution in [2.45, 2.75) is 24.2 Å². The minimum atomic E-state index is -3.58. The molecular formula is C15H17N5O3S. The average molecular weight is 347 g/mol. The van der Waals surface area contributed by atoms with Crippen molar-refractivity contribution in [1.82, 2.24) is 24.2 Å². The lowest BCUT2D eigenvalue weighted by Gasteiger charge is -2.16. The third-order valence-corrected chi connectivity index (χ3v) is 6.30. The van der Waals surface area contributed by atoms with Crippen LogP contribution in [0.2, 0.25) is 0 Å². The van der Waals surface area contributed by atoms with Gasteiger partial charge in [0.1, 0.15) is 4.90 Å². The highest BCUT2D eigenvalue weighted by Crippen LogP contribution is 2.31. The van der Waals surface area contributed by atoms with Crippen LogP contribution in [0.3, 0.4) is 0 Å². The van der Waals surface area contributed by atoms with Crippen LogP contribution in [-0.2, 0) is 17.1 Å². The van der Waals surface area contributed by atoms with Gasteiger partial charge in [0.05, 0.1) is 23.5 Å². The van der Waals surface area contributed by atoms with Gasteiger partial charge in [0.25, 0.3) is 5.71 Å². The molecule has 0 bridgehead atoms. The van der Waals surface area contributed by atoms with Gasteiger partial charge in [-0.1, -0.05) is 5.16 Å². The van der Waals surface area contributed by atoms with Gasteiger partial charge in [-0.25, -0.2) is 13.4 Å². The van der Waals surface area contributed by atoms with E-state index in [1.54, 1.807) is 23.9 Å². The number of hydrogen-bond donors (Lipinski definition) is 0. The van der Waals surface area contributed by atoms with E-state index in [4.69, 9.17) is 4.52 Å². The first-order chi connectivity index (χ1) is 11.4. The summed E-state index contributed by atoms with van der Waals surface area (Å²) in [4.78, 5) is 4.25. The number of pyridine rings is 1. The first-order valence-electron chi connectivity index (χ1n) is 7.66. The second-order valence-corrected chi connectivity index (χ2v) is 8.03. The summed E-state index contributed by atoms with van der Waals surface area (Å²) in [6.07, 6.45) is 5.86. The monoisotopic (exact) mass is 347 g/mol. The fourth-order valence-corrected chi connectivity index (χ4v) is 4.56. The zero-order valence-electron chi connectivity index (χ0n) is 13.4. The van der Waals surface area contributed by atoms with E-state index in [1.165, 1.54) is 10.5 Å². The van der Waals surface area contributed by atoms with Crippen LogP contribution < -0.4 is 0 Å². The van der Waals surface area contributed by atoms with E-state index in [0.717, 1.165) is 12.0 Å². The molecule has 126 valence electrons. The van der Waals surface area contributed by atoms with E-state index < -0.39 is 10.0 Å². The summed E-state index contributed by atoms with van der Waals surface area (Å²) in [5.41, 5.74) is 2.05. The molecule has 1 fully saturated rings. The molecule has 0 aromatic carbocycles. The van der Waals surface area contributed by atoms with Crippen LogP contribution in [0.5, 0.6) is 0 Å². The number of nitrogens with zero attached hydrogens (tertiary/aromatic N) is 5. The van der Waals surface area contributed by atoms with Crippen LogP contribution in [0.1, 0.15) is 23.6 Å². The van der Waals surface area contributed by atoms with E-state index in [0.29, 0.717) is 29.9 Å². The molecule has 8 nitrogen and oxygen atoms in total. The number of hydrogen-bond acceptors (Lipinski definition) is 6. The summed E-state index contributed by atoms with van der Waals surface area (Å²) >= 11 is 0. The fraction of sp³-hybridized carbons (Fsp3) is 0.400. The maximum atomic E-state index is 12.9. The minimum Gasteiger partial charge on any atom is -0.336 e. The minimum absolute atomic E-state index is 0.169. The molecule has 24 heavy (non-hydrogen) atoms. The zero-order chi connectivity index (χ0) is 16.9. The van der Waals surface area contributed by atoms with Crippen molar-refractivity contribution in [2.75, 3.05) is 13.1 Å². The van der Waals surface area contributed by atoms with Gasteiger partial charge in [-0.3, -0.25) is 4.68 Å². The van der Waals surface area contributed by atoms with E-state index in [2.05, 4.69) is 15.2 Å². The van der Waals surface area contributed by atoms with Gasteiger partial charge in [0.2, 0.25) is 10.0 Å². The van der Waals surface area contributed by atoms with Gasteiger partial charge >= 0.3 is 0 Å². The first kappa shape index (κ1) is 15.3. The molecule has 1 aliphatic rings. The predicted octanol–water partition coefficient (Wildman–Crippen LogP) is 1.44. The summed E-state index contributed by atoms with van der Waals surface area (Å²) in [6, 6.07) is 1.58. The van der Waals surface area contributed by atoms with Gasteiger partial charge in [-0.05, 0) is 25.0 Å². The first-order valence-corrected chi connectivity index (χ1v) is 9.10. The molecule has 0 amide bonds. The van der Waals surface area contributed by atoms with Gasteiger partial charge in [-0.2, -0.15) is 9.40 Å². The Morgan fingerprint density at radius 1 is 1.33 bits per heavy atom. The Labute approximate surface area is 139 Å². The summed E-state index contributed by atoms with van der Waals surface area (Å²) in [5.74, 6) is 0.169. The normalized spacial score (nSPS) is 19.3. The molecule has 1 aliphatic heterocycles. The zero-order valence-corrected chi connectivity index (χ0v) is 14.2. The Kier molecular flexibility index (Phi) is 3.43. The Morgan fingerprint density at radius 3 is 2.92 bits per heavy atom. The lowest BCUT2D eigenvalue weighted by atomic mass is 10.0. The van der Waals surface area contributed by atoms with Crippen molar-refractivity contribution in [2.24, 2.45) is 7.05 Å². The fourth-order valence-electron chi connectivity index (χ4n) is 3.09. The molecule has 0 saturated carbocycles. The van der Waals surface area contributed by atoms with Crippen molar-refractivity contribution >= 4 is 21.1 Å². The van der Waals surface area contributed by atoms with Gasteiger partial charge in [-0.15, -0.1) is 0 Å². The topological polar surface area (TPSA) is 94.1 Å². The van der Waals surface area contributed by atoms with Crippen LogP contribution in [0.4, 0.5) is 0 Å². The Bertz CT molecular complexity index is 1010. The van der Waals surface area contributed by atoms with Gasteiger partial charge in [0, 0.05) is 32.3 Å². The summed E-state index contributed by atoms with van der Waals surface area (Å²) < 4.78 is 34.1. The highest BCUT2D eigenvalue weighted by Gasteiger charge is 2.34. The van der Waals surface area contributed by atoms with E-state index in [9.17, 15) is 8.42 Å². The molecule has 0 N–H and O–H groups in total. The van der Waals surface area contributed by atoms with Crippen LogP contribution >= 0.6 is 0 Å². The molecule has 1 saturated heterocycles. The lowest BCUT2D eigenvalue weighted by molar-refractivity contribution is 0.442. The van der Waals surface area contributed by atoms with Crippen molar-refractivity contribution in [3.05, 3.63) is 35.9 Å². The molecule has 1 atom stereocenters. The number of sulfonamides is 1. The molecule has 9 heteroatoms. The summed E-state index contributed by atoms with van der Waals surface area (Å²) in [5, 5.41) is 8.61. The molecule has 0 spiro atoms. The van der Waals surface area contributed by atoms with Gasteiger partial charge in [0.15, 0.2) is 0 Å². The van der Waals surface area contributed by atoms with E-state index in [1.807, 2.05) is 13.2 Å². The third-order valence-electron chi connectivity index (χ3n) is 4.47. The van der Waals surface area contributed by atoms with Crippen molar-refractivity contribution in [3.8, 4) is 0 Å². The second kappa shape index (κ2) is 5.38. The maximum Gasteiger partial charge on any atom is 0.257 e. The number of aryl methyl sites for hydroxylation is 2. The number of aromatic nitrogens is 4. The molecule has 4 heterocycles. The predicted molar refractivity (Wildman–Crippen MR) is 85.9 cm³/mol. The molecule has 4 rings (SSSR count). The smallest absolute Gasteiger partial charge is 0.257 e. The standard InChI is InChI=1S/C15H17N5O3S/c1-10-14-5-13(7-16-15(14)23-18-10)24(21,22)20-4-3-11(9-20)12-6-17-19(2)8-12/h5-8,11H,3-4,9H2,1-2H3. The molecular weight excluding hydrogens is 330 g/mol. The lowest BCUT2D eigenvalue weighted by Crippen LogP contribution is -2.28. The Morgan fingerprint density at radius 2 is 2.17 bits per heavy atom. The Hall–Kier alpha value is -2.26. The van der Waals surface area contributed by atoms with Gasteiger partial charge < -0.3 is 4.52 Å². The average Bonchev–Trinajstić information content (AvgIpc) is 3.27. The Balaban J connectivity index is 1.63. The van der Waals surface area contributed by atoms with E-state index >= 15 is 0 Å². The third kappa shape index (κ3) is 2.40. The maximum absolute atomic E-state index is 12.9. The highest BCUT2D eigenvalue weighted by molar-refractivity contribution is 7.89. The van der Waals surface area contributed by atoms with Crippen molar-refractivity contribution < 1.29 is 12.9 Å². The van der Waals surface area contributed by atoms with Crippen LogP contribution in [0, 0.1) is 6.92 Å². The largest absolute Gasteiger partial charge is 0.336 e. The second-order valence-electron chi connectivity index (χ2n) is 6.09. The number of rotatable bonds is 3. The quantitative estimate of drug-likeness (QED) is 0.712. The summed E-state index contributed by atoms with van der Waals surface area (Å²) in [7, 11) is -1.73. The molecule has 3 aromatic rings. The van der Waals surface area contributed by atoms with Crippen LogP contribution in [0.15, 0.2) is 34.1 Å². The van der Waals surface area contributed by atoms with Crippen LogP contribution in [0.25, 0.3) is 11.1 Å². The van der Waals surface area contributed by atoms with E-state index in [-0.39, 0.29) is 10.8 Å². The molecule has 0 aliphatic carbocycles. The van der Waals surface area contributed by atoms with Crippen molar-refractivity contribution in [3.63, 3.8) is 0 Å². The molecule has 3 aromatic heterocycles. The molecule has 1 unspecified atom stereocenters. The van der Waals surface area contributed by atoms with Crippen LogP contribution in [-0.4, -0.2) is 45.7 Å². The van der Waals surface area contributed by atoms with Crippen molar-refractivity contribution in [1.29, 1.82) is 0 Å². The highest BCUT2D eigenvalue weighted by atomic mass is 32.2. The summed E-state index contributed by atoms with van der Waals surface area (Å²) in [6.45, 7) is 2.70. The molecule has 0 radical (unpaired) electrons. The SMILES string of the molecule is Cc1noc2ncc(S(=O)(=O)N3CCC(c4cnn(C)c4)C3)cc12.